The predicted octanol–water partition coefficient (Wildman–Crippen LogP) is 4.74. The Hall–Kier alpha value is -2.27. The fourth-order valence-electron chi connectivity index (χ4n) is 1.94. The van der Waals surface area contributed by atoms with Gasteiger partial charge in [0.2, 0.25) is 5.88 Å². The molecule has 0 saturated carbocycles. The minimum absolute atomic E-state index is 0.0177. The molecule has 5 heteroatoms. The van der Waals surface area contributed by atoms with E-state index in [1.807, 2.05) is 18.2 Å². The van der Waals surface area contributed by atoms with E-state index in [4.69, 9.17) is 4.74 Å². The van der Waals surface area contributed by atoms with Crippen molar-refractivity contribution in [3.63, 3.8) is 0 Å². The molecular weight excluding hydrogens is 337 g/mol. The van der Waals surface area contributed by atoms with E-state index in [0.717, 1.165) is 5.39 Å². The molecule has 3 rings (SSSR count). The van der Waals surface area contributed by atoms with Gasteiger partial charge in [0.25, 0.3) is 0 Å². The van der Waals surface area contributed by atoms with Crippen molar-refractivity contribution in [1.82, 2.24) is 4.98 Å². The molecule has 1 aromatic heterocycles. The van der Waals surface area contributed by atoms with Crippen molar-refractivity contribution in [2.24, 2.45) is 0 Å². The van der Waals surface area contributed by atoms with Crippen molar-refractivity contribution in [2.75, 3.05) is 0 Å². The van der Waals surface area contributed by atoms with E-state index in [1.54, 1.807) is 18.2 Å². The summed E-state index contributed by atoms with van der Waals surface area (Å²) in [7, 11) is 0. The summed E-state index contributed by atoms with van der Waals surface area (Å²) in [6, 6.07) is 13.4. The molecule has 0 spiro atoms. The van der Waals surface area contributed by atoms with E-state index in [1.165, 1.54) is 12.1 Å². The number of fused-ring (bicyclic) bond motifs is 1. The molecule has 0 bridgehead atoms. The highest BCUT2D eigenvalue weighted by atomic mass is 79.9. The summed E-state index contributed by atoms with van der Waals surface area (Å²) in [6.07, 6.45) is 0.644. The highest BCUT2D eigenvalue weighted by molar-refractivity contribution is 9.10. The molecule has 0 fully saturated rings. The fourth-order valence-corrected chi connectivity index (χ4v) is 2.28. The van der Waals surface area contributed by atoms with Crippen LogP contribution in [0, 0.1) is 5.82 Å². The van der Waals surface area contributed by atoms with Gasteiger partial charge in [-0.25, -0.2) is 9.37 Å². The lowest BCUT2D eigenvalue weighted by molar-refractivity contribution is 0.112. The van der Waals surface area contributed by atoms with Gasteiger partial charge in [-0.1, -0.05) is 34.1 Å². The molecule has 1 heterocycles. The Labute approximate surface area is 128 Å². The summed E-state index contributed by atoms with van der Waals surface area (Å²) >= 11 is 3.18. The van der Waals surface area contributed by atoms with Crippen LogP contribution >= 0.6 is 15.9 Å². The number of carbonyl (C=O) groups is 1. The number of pyridine rings is 1. The minimum Gasteiger partial charge on any atom is -0.435 e. The number of benzene rings is 2. The number of hydrogen-bond acceptors (Lipinski definition) is 3. The first-order valence-electron chi connectivity index (χ1n) is 6.15. The summed E-state index contributed by atoms with van der Waals surface area (Å²) in [5, 5.41) is 0.822. The van der Waals surface area contributed by atoms with Gasteiger partial charge in [0.1, 0.15) is 0 Å². The number of para-hydroxylation sites is 1. The maximum absolute atomic E-state index is 13.8. The molecule has 0 saturated heterocycles. The minimum atomic E-state index is -0.531. The smallest absolute Gasteiger partial charge is 0.230 e. The number of ether oxygens (including phenoxy) is 1. The third kappa shape index (κ3) is 2.78. The summed E-state index contributed by atoms with van der Waals surface area (Å²) in [5.74, 6) is -0.426. The first kappa shape index (κ1) is 13.7. The van der Waals surface area contributed by atoms with Gasteiger partial charge in [0.05, 0.1) is 11.1 Å². The van der Waals surface area contributed by atoms with Gasteiger partial charge in [-0.2, -0.15) is 0 Å². The summed E-state index contributed by atoms with van der Waals surface area (Å²) < 4.78 is 19.9. The summed E-state index contributed by atoms with van der Waals surface area (Å²) in [4.78, 5) is 15.5. The Morgan fingerprint density at radius 3 is 2.71 bits per heavy atom. The van der Waals surface area contributed by atoms with Crippen LogP contribution in [0.4, 0.5) is 4.39 Å². The van der Waals surface area contributed by atoms with Crippen molar-refractivity contribution in [2.45, 2.75) is 0 Å². The lowest BCUT2D eigenvalue weighted by Gasteiger charge is -2.09. The zero-order valence-corrected chi connectivity index (χ0v) is 12.3. The zero-order chi connectivity index (χ0) is 14.8. The third-order valence-corrected chi connectivity index (χ3v) is 3.44. The summed E-state index contributed by atoms with van der Waals surface area (Å²) in [6.45, 7) is 0. The van der Waals surface area contributed by atoms with E-state index in [9.17, 15) is 9.18 Å². The molecule has 0 unspecified atom stereocenters. The number of aldehydes is 1. The second-order valence-corrected chi connectivity index (χ2v) is 5.29. The van der Waals surface area contributed by atoms with Gasteiger partial charge in [-0.3, -0.25) is 4.79 Å². The first-order valence-corrected chi connectivity index (χ1v) is 6.94. The maximum atomic E-state index is 13.8. The molecule has 3 nitrogen and oxygen atoms in total. The highest BCUT2D eigenvalue weighted by Crippen LogP contribution is 2.29. The molecule has 2 aromatic carbocycles. The van der Waals surface area contributed by atoms with Gasteiger partial charge in [0, 0.05) is 9.86 Å². The Kier molecular flexibility index (Phi) is 3.66. The van der Waals surface area contributed by atoms with Gasteiger partial charge in [-0.15, -0.1) is 0 Å². The topological polar surface area (TPSA) is 39.2 Å². The zero-order valence-electron chi connectivity index (χ0n) is 10.7. The monoisotopic (exact) mass is 345 g/mol. The van der Waals surface area contributed by atoms with Crippen LogP contribution in [0.25, 0.3) is 10.9 Å². The largest absolute Gasteiger partial charge is 0.435 e. The maximum Gasteiger partial charge on any atom is 0.230 e. The van der Waals surface area contributed by atoms with Crippen molar-refractivity contribution < 1.29 is 13.9 Å². The second kappa shape index (κ2) is 5.61. The quantitative estimate of drug-likeness (QED) is 0.643. The third-order valence-electron chi connectivity index (χ3n) is 2.94. The van der Waals surface area contributed by atoms with Crippen LogP contribution in [0.3, 0.4) is 0 Å². The molecule has 0 aliphatic heterocycles. The number of rotatable bonds is 3. The number of carbonyl (C=O) groups excluding carboxylic acids is 1. The number of hydrogen-bond donors (Lipinski definition) is 0. The average Bonchev–Trinajstić information content (AvgIpc) is 2.49. The standard InChI is InChI=1S/C16H9BrFNO2/c17-12-5-6-15(13(18)8-12)21-16-11(9-20)7-10-3-1-2-4-14(10)19-16/h1-9H. The fraction of sp³-hybridized carbons (Fsp3) is 0. The van der Waals surface area contributed by atoms with Crippen LogP contribution in [0.2, 0.25) is 0 Å². The van der Waals surface area contributed by atoms with Crippen molar-refractivity contribution in [3.05, 3.63) is 64.4 Å². The van der Waals surface area contributed by atoms with Crippen LogP contribution in [0.5, 0.6) is 11.6 Å². The van der Waals surface area contributed by atoms with Crippen LogP contribution < -0.4 is 4.74 Å². The molecule has 104 valence electrons. The lowest BCUT2D eigenvalue weighted by atomic mass is 10.1. The van der Waals surface area contributed by atoms with Gasteiger partial charge >= 0.3 is 0 Å². The van der Waals surface area contributed by atoms with Crippen LogP contribution in [-0.2, 0) is 0 Å². The van der Waals surface area contributed by atoms with Crippen molar-refractivity contribution in [1.29, 1.82) is 0 Å². The highest BCUT2D eigenvalue weighted by Gasteiger charge is 2.11. The number of halogens is 2. The molecule has 0 radical (unpaired) electrons. The SMILES string of the molecule is O=Cc1cc2ccccc2nc1Oc1ccc(Br)cc1F. The van der Waals surface area contributed by atoms with E-state index in [0.29, 0.717) is 16.3 Å². The lowest BCUT2D eigenvalue weighted by Crippen LogP contribution is -1.96. The molecule has 21 heavy (non-hydrogen) atoms. The van der Waals surface area contributed by atoms with E-state index in [-0.39, 0.29) is 17.2 Å². The predicted molar refractivity (Wildman–Crippen MR) is 81.3 cm³/mol. The van der Waals surface area contributed by atoms with Gasteiger partial charge in [0.15, 0.2) is 17.9 Å². The van der Waals surface area contributed by atoms with E-state index in [2.05, 4.69) is 20.9 Å². The number of nitrogens with zero attached hydrogens (tertiary/aromatic N) is 1. The molecule has 3 aromatic rings. The van der Waals surface area contributed by atoms with E-state index < -0.39 is 5.82 Å². The van der Waals surface area contributed by atoms with Crippen LogP contribution in [-0.4, -0.2) is 11.3 Å². The van der Waals surface area contributed by atoms with Crippen LogP contribution in [0.15, 0.2) is 53.0 Å². The Balaban J connectivity index is 2.08. The Morgan fingerprint density at radius 2 is 1.95 bits per heavy atom. The first-order chi connectivity index (χ1) is 10.2. The van der Waals surface area contributed by atoms with Gasteiger partial charge in [-0.05, 0) is 30.3 Å². The number of aromatic nitrogens is 1. The second-order valence-electron chi connectivity index (χ2n) is 4.37. The van der Waals surface area contributed by atoms with Gasteiger partial charge < -0.3 is 4.74 Å². The molecule has 0 aliphatic carbocycles. The van der Waals surface area contributed by atoms with Crippen molar-refractivity contribution in [3.8, 4) is 11.6 Å². The molecule has 0 amide bonds. The summed E-state index contributed by atoms with van der Waals surface area (Å²) in [5.41, 5.74) is 0.951. The van der Waals surface area contributed by atoms with Crippen molar-refractivity contribution >= 4 is 33.1 Å². The van der Waals surface area contributed by atoms with Crippen LogP contribution in [0.1, 0.15) is 10.4 Å². The Bertz CT molecular complexity index is 836. The van der Waals surface area contributed by atoms with E-state index >= 15 is 0 Å². The molecule has 0 aliphatic rings. The molecular formula is C16H9BrFNO2. The molecule has 0 atom stereocenters. The normalized spacial score (nSPS) is 10.6. The Morgan fingerprint density at radius 1 is 1.14 bits per heavy atom. The average molecular weight is 346 g/mol. The molecule has 0 N–H and O–H groups in total.